The maximum atomic E-state index is 11.7. The zero-order valence-corrected chi connectivity index (χ0v) is 13.0. The number of nitro benzene ring substituents is 1. The molecule has 1 saturated carbocycles. The van der Waals surface area contributed by atoms with Crippen molar-refractivity contribution in [1.29, 1.82) is 0 Å². The van der Waals surface area contributed by atoms with E-state index in [0.717, 1.165) is 19.3 Å². The van der Waals surface area contributed by atoms with Crippen molar-refractivity contribution in [2.24, 2.45) is 5.92 Å². The molecule has 0 aromatic heterocycles. The number of esters is 1. The summed E-state index contributed by atoms with van der Waals surface area (Å²) < 4.78 is 4.89. The second-order valence-corrected chi connectivity index (χ2v) is 5.72. The summed E-state index contributed by atoms with van der Waals surface area (Å²) in [5.74, 6) is -0.0544. The number of nitro groups is 1. The van der Waals surface area contributed by atoms with Gasteiger partial charge in [-0.3, -0.25) is 10.1 Å². The van der Waals surface area contributed by atoms with Crippen LogP contribution in [0.2, 0.25) is 0 Å². The molecule has 2 atom stereocenters. The largest absolute Gasteiger partial charge is 0.462 e. The molecule has 0 heterocycles. The number of hydrogen-bond donors (Lipinski definition) is 1. The maximum absolute atomic E-state index is 11.7. The number of benzene rings is 1. The van der Waals surface area contributed by atoms with Crippen LogP contribution in [0.5, 0.6) is 0 Å². The normalized spacial score (nSPS) is 21.2. The molecule has 0 bridgehead atoms. The average molecular weight is 306 g/mol. The van der Waals surface area contributed by atoms with E-state index in [1.54, 1.807) is 19.1 Å². The van der Waals surface area contributed by atoms with Crippen LogP contribution in [0.15, 0.2) is 18.2 Å². The second-order valence-electron chi connectivity index (χ2n) is 5.72. The minimum Gasteiger partial charge on any atom is -0.462 e. The summed E-state index contributed by atoms with van der Waals surface area (Å²) in [6.07, 6.45) is 4.49. The Morgan fingerprint density at radius 1 is 1.41 bits per heavy atom. The van der Waals surface area contributed by atoms with Gasteiger partial charge in [-0.05, 0) is 37.8 Å². The number of anilines is 1. The number of carbonyl (C=O) groups is 1. The number of nitrogens with one attached hydrogen (secondary N) is 1. The van der Waals surface area contributed by atoms with Crippen LogP contribution in [0.1, 0.15) is 49.9 Å². The molecule has 1 N–H and O–H groups in total. The number of carbonyl (C=O) groups excluding carboxylic acids is 1. The van der Waals surface area contributed by atoms with Gasteiger partial charge in [-0.2, -0.15) is 0 Å². The van der Waals surface area contributed by atoms with E-state index in [9.17, 15) is 14.9 Å². The molecule has 1 fully saturated rings. The summed E-state index contributed by atoms with van der Waals surface area (Å²) in [7, 11) is 0. The highest BCUT2D eigenvalue weighted by molar-refractivity contribution is 5.91. The lowest BCUT2D eigenvalue weighted by Gasteiger charge is -2.30. The molecule has 1 aromatic carbocycles. The summed E-state index contributed by atoms with van der Waals surface area (Å²) in [5, 5.41) is 14.6. The smallest absolute Gasteiger partial charge is 0.338 e. The molecule has 0 spiro atoms. The average Bonchev–Trinajstić information content (AvgIpc) is 2.50. The lowest BCUT2D eigenvalue weighted by Crippen LogP contribution is -2.30. The van der Waals surface area contributed by atoms with E-state index in [-0.39, 0.29) is 23.9 Å². The van der Waals surface area contributed by atoms with Crippen LogP contribution < -0.4 is 5.32 Å². The molecule has 2 unspecified atom stereocenters. The maximum Gasteiger partial charge on any atom is 0.338 e. The van der Waals surface area contributed by atoms with Gasteiger partial charge < -0.3 is 10.1 Å². The molecule has 0 aliphatic heterocycles. The lowest BCUT2D eigenvalue weighted by atomic mass is 9.86. The molecule has 6 heteroatoms. The van der Waals surface area contributed by atoms with E-state index in [2.05, 4.69) is 12.2 Å². The highest BCUT2D eigenvalue weighted by Gasteiger charge is 2.25. The quantitative estimate of drug-likeness (QED) is 0.509. The number of hydrogen-bond acceptors (Lipinski definition) is 5. The van der Waals surface area contributed by atoms with E-state index in [1.807, 2.05) is 0 Å². The summed E-state index contributed by atoms with van der Waals surface area (Å²) >= 11 is 0. The third-order valence-corrected chi connectivity index (χ3v) is 4.16. The molecule has 2 rings (SSSR count). The molecule has 0 saturated heterocycles. The van der Waals surface area contributed by atoms with Crippen molar-refractivity contribution in [2.75, 3.05) is 11.9 Å². The topological polar surface area (TPSA) is 81.5 Å². The molecular weight excluding hydrogens is 284 g/mol. The highest BCUT2D eigenvalue weighted by atomic mass is 16.6. The van der Waals surface area contributed by atoms with Crippen LogP contribution in [0.25, 0.3) is 0 Å². The predicted octanol–water partition coefficient (Wildman–Crippen LogP) is 3.76. The van der Waals surface area contributed by atoms with Gasteiger partial charge >= 0.3 is 5.97 Å². The first kappa shape index (κ1) is 16.3. The zero-order chi connectivity index (χ0) is 16.1. The van der Waals surface area contributed by atoms with Crippen molar-refractivity contribution in [1.82, 2.24) is 0 Å². The van der Waals surface area contributed by atoms with Crippen molar-refractivity contribution in [3.05, 3.63) is 33.9 Å². The SMILES string of the molecule is CCOC(=O)c1ccc(NC2CCCCC2C)c([N+](=O)[O-])c1. The Labute approximate surface area is 130 Å². The van der Waals surface area contributed by atoms with Gasteiger partial charge in [0.2, 0.25) is 0 Å². The van der Waals surface area contributed by atoms with Crippen molar-refractivity contribution >= 4 is 17.3 Å². The Bertz CT molecular complexity index is 559. The van der Waals surface area contributed by atoms with E-state index in [4.69, 9.17) is 4.74 Å². The minimum atomic E-state index is -0.539. The molecule has 120 valence electrons. The van der Waals surface area contributed by atoms with Crippen molar-refractivity contribution in [3.8, 4) is 0 Å². The standard InChI is InChI=1S/C16H22N2O4/c1-3-22-16(19)12-8-9-14(15(10-12)18(20)21)17-13-7-5-4-6-11(13)2/h8-11,13,17H,3-7H2,1-2H3. The van der Waals surface area contributed by atoms with Gasteiger partial charge in [0, 0.05) is 12.1 Å². The van der Waals surface area contributed by atoms with Crippen LogP contribution in [0.4, 0.5) is 11.4 Å². The number of rotatable bonds is 5. The third kappa shape index (κ3) is 3.75. The van der Waals surface area contributed by atoms with Crippen LogP contribution in [0.3, 0.4) is 0 Å². The molecule has 0 amide bonds. The van der Waals surface area contributed by atoms with Gasteiger partial charge in [0.1, 0.15) is 5.69 Å². The molecule has 1 aliphatic rings. The molecule has 0 radical (unpaired) electrons. The van der Waals surface area contributed by atoms with E-state index in [0.29, 0.717) is 11.6 Å². The van der Waals surface area contributed by atoms with Gasteiger partial charge in [0.05, 0.1) is 17.1 Å². The summed E-state index contributed by atoms with van der Waals surface area (Å²) in [5.41, 5.74) is 0.593. The van der Waals surface area contributed by atoms with Gasteiger partial charge in [-0.25, -0.2) is 4.79 Å². The fourth-order valence-corrected chi connectivity index (χ4v) is 2.88. The van der Waals surface area contributed by atoms with Crippen LogP contribution in [0, 0.1) is 16.0 Å². The second kappa shape index (κ2) is 7.24. The Balaban J connectivity index is 2.23. The predicted molar refractivity (Wildman–Crippen MR) is 84.1 cm³/mol. The molecular formula is C16H22N2O4. The van der Waals surface area contributed by atoms with Crippen LogP contribution in [-0.2, 0) is 4.74 Å². The van der Waals surface area contributed by atoms with Gasteiger partial charge in [0.25, 0.3) is 5.69 Å². The molecule has 6 nitrogen and oxygen atoms in total. The van der Waals surface area contributed by atoms with Crippen LogP contribution >= 0.6 is 0 Å². The molecule has 1 aliphatic carbocycles. The Morgan fingerprint density at radius 2 is 2.14 bits per heavy atom. The van der Waals surface area contributed by atoms with E-state index in [1.165, 1.54) is 12.5 Å². The molecule has 22 heavy (non-hydrogen) atoms. The number of nitrogens with zero attached hydrogens (tertiary/aromatic N) is 1. The molecule has 1 aromatic rings. The fraction of sp³-hybridized carbons (Fsp3) is 0.562. The first-order valence-electron chi connectivity index (χ1n) is 7.75. The summed E-state index contributed by atoms with van der Waals surface area (Å²) in [6, 6.07) is 4.70. The van der Waals surface area contributed by atoms with Gasteiger partial charge in [-0.1, -0.05) is 19.8 Å². The summed E-state index contributed by atoms with van der Waals surface area (Å²) in [4.78, 5) is 22.5. The van der Waals surface area contributed by atoms with Crippen molar-refractivity contribution in [3.63, 3.8) is 0 Å². The fourth-order valence-electron chi connectivity index (χ4n) is 2.88. The Hall–Kier alpha value is -2.11. The first-order chi connectivity index (χ1) is 10.5. The van der Waals surface area contributed by atoms with E-state index >= 15 is 0 Å². The first-order valence-corrected chi connectivity index (χ1v) is 7.75. The van der Waals surface area contributed by atoms with Gasteiger partial charge in [0.15, 0.2) is 0 Å². The Kier molecular flexibility index (Phi) is 5.35. The summed E-state index contributed by atoms with van der Waals surface area (Å²) in [6.45, 7) is 4.11. The van der Waals surface area contributed by atoms with Crippen LogP contribution in [-0.4, -0.2) is 23.5 Å². The highest BCUT2D eigenvalue weighted by Crippen LogP contribution is 2.31. The lowest BCUT2D eigenvalue weighted by molar-refractivity contribution is -0.384. The number of ether oxygens (including phenoxy) is 1. The Morgan fingerprint density at radius 3 is 2.77 bits per heavy atom. The monoisotopic (exact) mass is 306 g/mol. The van der Waals surface area contributed by atoms with Gasteiger partial charge in [-0.15, -0.1) is 0 Å². The zero-order valence-electron chi connectivity index (χ0n) is 13.0. The minimum absolute atomic E-state index is 0.0803. The third-order valence-electron chi connectivity index (χ3n) is 4.16. The van der Waals surface area contributed by atoms with E-state index < -0.39 is 10.9 Å². The van der Waals surface area contributed by atoms with Crippen molar-refractivity contribution in [2.45, 2.75) is 45.6 Å². The van der Waals surface area contributed by atoms with Crippen molar-refractivity contribution < 1.29 is 14.5 Å².